The van der Waals surface area contributed by atoms with Crippen molar-refractivity contribution in [2.24, 2.45) is 0 Å². The van der Waals surface area contributed by atoms with Crippen LogP contribution in [-0.2, 0) is 0 Å². The van der Waals surface area contributed by atoms with Gasteiger partial charge in [-0.2, -0.15) is 0 Å². The van der Waals surface area contributed by atoms with E-state index in [1.54, 1.807) is 12.4 Å². The van der Waals surface area contributed by atoms with Crippen molar-refractivity contribution in [1.29, 1.82) is 0 Å². The van der Waals surface area contributed by atoms with E-state index in [2.05, 4.69) is 15.0 Å². The number of aromatic nitrogens is 3. The Balaban J connectivity index is 2.53. The van der Waals surface area contributed by atoms with Crippen molar-refractivity contribution in [1.82, 2.24) is 15.0 Å². The lowest BCUT2D eigenvalue weighted by Gasteiger charge is -2.01. The average molecular weight is 199 g/mol. The average Bonchev–Trinajstić information content (AvgIpc) is 2.29. The van der Waals surface area contributed by atoms with E-state index >= 15 is 0 Å². The zero-order valence-corrected chi connectivity index (χ0v) is 8.21. The summed E-state index contributed by atoms with van der Waals surface area (Å²) >= 11 is 0. The van der Waals surface area contributed by atoms with Gasteiger partial charge in [0.25, 0.3) is 0 Å². The molecule has 2 aromatic heterocycles. The molecule has 2 aromatic rings. The summed E-state index contributed by atoms with van der Waals surface area (Å²) in [5.41, 5.74) is 2.45. The molecule has 0 fully saturated rings. The Morgan fingerprint density at radius 3 is 2.60 bits per heavy atom. The Bertz CT molecular complexity index is 482. The van der Waals surface area contributed by atoms with E-state index in [-0.39, 0.29) is 5.82 Å². The molecule has 0 saturated heterocycles. The first-order valence-corrected chi connectivity index (χ1v) is 4.51. The fourth-order valence-corrected chi connectivity index (χ4v) is 1.31. The molecule has 0 bridgehead atoms. The molecule has 0 radical (unpaired) electrons. The Kier molecular flexibility index (Phi) is 2.49. The maximum absolute atomic E-state index is 10.6. The second-order valence-corrected chi connectivity index (χ2v) is 3.11. The number of pyridine rings is 1. The number of rotatable bonds is 2. The number of nitrogens with zero attached hydrogens (tertiary/aromatic N) is 3. The second-order valence-electron chi connectivity index (χ2n) is 3.11. The zero-order valence-electron chi connectivity index (χ0n) is 8.21. The lowest BCUT2D eigenvalue weighted by atomic mass is 10.2. The Morgan fingerprint density at radius 2 is 1.93 bits per heavy atom. The number of aryl methyl sites for hydroxylation is 1. The zero-order chi connectivity index (χ0) is 10.7. The Morgan fingerprint density at radius 1 is 1.20 bits per heavy atom. The van der Waals surface area contributed by atoms with Crippen LogP contribution in [0.25, 0.3) is 11.3 Å². The molecule has 0 atom stereocenters. The van der Waals surface area contributed by atoms with E-state index in [1.165, 1.54) is 0 Å². The first-order valence-electron chi connectivity index (χ1n) is 4.51. The molecule has 0 aromatic carbocycles. The van der Waals surface area contributed by atoms with E-state index < -0.39 is 0 Å². The van der Waals surface area contributed by atoms with E-state index in [1.807, 2.05) is 25.1 Å². The maximum atomic E-state index is 10.6. The van der Waals surface area contributed by atoms with Crippen LogP contribution in [0, 0.1) is 6.92 Å². The van der Waals surface area contributed by atoms with Gasteiger partial charge >= 0.3 is 0 Å². The van der Waals surface area contributed by atoms with Crippen molar-refractivity contribution in [3.63, 3.8) is 0 Å². The fourth-order valence-electron chi connectivity index (χ4n) is 1.31. The molecule has 0 saturated carbocycles. The van der Waals surface area contributed by atoms with Crippen LogP contribution in [0.2, 0.25) is 0 Å². The molecule has 0 aliphatic heterocycles. The van der Waals surface area contributed by atoms with Gasteiger partial charge in [0, 0.05) is 23.7 Å². The van der Waals surface area contributed by atoms with E-state index in [0.29, 0.717) is 6.29 Å². The summed E-state index contributed by atoms with van der Waals surface area (Å²) in [7, 11) is 0. The van der Waals surface area contributed by atoms with Gasteiger partial charge in [0.1, 0.15) is 0 Å². The van der Waals surface area contributed by atoms with Crippen LogP contribution in [0.15, 0.2) is 30.6 Å². The molecule has 2 heterocycles. The SMILES string of the molecule is Cc1cc(-c2ccncc2)nc(C=O)n1. The van der Waals surface area contributed by atoms with Gasteiger partial charge in [-0.05, 0) is 25.1 Å². The first kappa shape index (κ1) is 9.45. The molecule has 0 aliphatic carbocycles. The number of carbonyl (C=O) groups is 1. The standard InChI is InChI=1S/C11H9N3O/c1-8-6-10(14-11(7-15)13-8)9-2-4-12-5-3-9/h2-7H,1H3. The number of hydrogen-bond acceptors (Lipinski definition) is 4. The molecule has 0 amide bonds. The Labute approximate surface area is 87.0 Å². The van der Waals surface area contributed by atoms with Crippen LogP contribution >= 0.6 is 0 Å². The van der Waals surface area contributed by atoms with Crippen molar-refractivity contribution in [3.05, 3.63) is 42.1 Å². The molecular formula is C11H9N3O. The summed E-state index contributed by atoms with van der Waals surface area (Å²) < 4.78 is 0. The maximum Gasteiger partial charge on any atom is 0.193 e. The van der Waals surface area contributed by atoms with Gasteiger partial charge < -0.3 is 0 Å². The minimum Gasteiger partial charge on any atom is -0.294 e. The van der Waals surface area contributed by atoms with Crippen molar-refractivity contribution in [2.75, 3.05) is 0 Å². The number of hydrogen-bond donors (Lipinski definition) is 0. The monoisotopic (exact) mass is 199 g/mol. The van der Waals surface area contributed by atoms with E-state index in [9.17, 15) is 4.79 Å². The molecular weight excluding hydrogens is 190 g/mol. The van der Waals surface area contributed by atoms with Crippen LogP contribution in [0.3, 0.4) is 0 Å². The summed E-state index contributed by atoms with van der Waals surface area (Å²) in [4.78, 5) is 22.6. The number of carbonyl (C=O) groups excluding carboxylic acids is 1. The normalized spacial score (nSPS) is 9.93. The van der Waals surface area contributed by atoms with Gasteiger partial charge in [0.05, 0.1) is 5.69 Å². The van der Waals surface area contributed by atoms with Crippen molar-refractivity contribution < 1.29 is 4.79 Å². The van der Waals surface area contributed by atoms with Crippen molar-refractivity contribution >= 4 is 6.29 Å². The summed E-state index contributed by atoms with van der Waals surface area (Å²) in [6.45, 7) is 1.83. The minimum absolute atomic E-state index is 0.210. The van der Waals surface area contributed by atoms with Crippen molar-refractivity contribution in [2.45, 2.75) is 6.92 Å². The molecule has 0 N–H and O–H groups in total. The van der Waals surface area contributed by atoms with Gasteiger partial charge in [0.2, 0.25) is 0 Å². The topological polar surface area (TPSA) is 55.7 Å². The highest BCUT2D eigenvalue weighted by molar-refractivity contribution is 5.71. The molecule has 0 unspecified atom stereocenters. The summed E-state index contributed by atoms with van der Waals surface area (Å²) in [5, 5.41) is 0. The van der Waals surface area contributed by atoms with Gasteiger partial charge in [-0.25, -0.2) is 9.97 Å². The van der Waals surface area contributed by atoms with Gasteiger partial charge in [-0.3, -0.25) is 9.78 Å². The quantitative estimate of drug-likeness (QED) is 0.690. The smallest absolute Gasteiger partial charge is 0.193 e. The largest absolute Gasteiger partial charge is 0.294 e. The first-order chi connectivity index (χ1) is 7.29. The van der Waals surface area contributed by atoms with Crippen molar-refractivity contribution in [3.8, 4) is 11.3 Å². The molecule has 2 rings (SSSR count). The fraction of sp³-hybridized carbons (Fsp3) is 0.0909. The lowest BCUT2D eigenvalue weighted by Crippen LogP contribution is -1.97. The third kappa shape index (κ3) is 2.04. The molecule has 0 spiro atoms. The van der Waals surface area contributed by atoms with E-state index in [0.717, 1.165) is 17.0 Å². The molecule has 15 heavy (non-hydrogen) atoms. The summed E-state index contributed by atoms with van der Waals surface area (Å²) in [6.07, 6.45) is 4.03. The second kappa shape index (κ2) is 3.96. The summed E-state index contributed by atoms with van der Waals surface area (Å²) in [6, 6.07) is 5.52. The third-order valence-corrected chi connectivity index (χ3v) is 1.95. The van der Waals surface area contributed by atoms with Crippen LogP contribution in [0.4, 0.5) is 0 Å². The van der Waals surface area contributed by atoms with Gasteiger partial charge in [0.15, 0.2) is 12.1 Å². The van der Waals surface area contributed by atoms with Gasteiger partial charge in [-0.15, -0.1) is 0 Å². The predicted octanol–water partition coefficient (Wildman–Crippen LogP) is 1.66. The number of aldehydes is 1. The third-order valence-electron chi connectivity index (χ3n) is 1.95. The molecule has 4 heteroatoms. The Hall–Kier alpha value is -2.10. The highest BCUT2D eigenvalue weighted by atomic mass is 16.1. The molecule has 74 valence electrons. The lowest BCUT2D eigenvalue weighted by molar-refractivity contribution is 0.111. The van der Waals surface area contributed by atoms with Crippen LogP contribution in [0.1, 0.15) is 16.3 Å². The van der Waals surface area contributed by atoms with Gasteiger partial charge in [-0.1, -0.05) is 0 Å². The van der Waals surface area contributed by atoms with E-state index in [4.69, 9.17) is 0 Å². The highest BCUT2D eigenvalue weighted by Gasteiger charge is 2.03. The minimum atomic E-state index is 0.210. The molecule has 4 nitrogen and oxygen atoms in total. The van der Waals surface area contributed by atoms with Crippen LogP contribution < -0.4 is 0 Å². The van der Waals surface area contributed by atoms with Crippen LogP contribution in [0.5, 0.6) is 0 Å². The molecule has 0 aliphatic rings. The predicted molar refractivity (Wildman–Crippen MR) is 55.4 cm³/mol. The van der Waals surface area contributed by atoms with Crippen LogP contribution in [-0.4, -0.2) is 21.2 Å². The summed E-state index contributed by atoms with van der Waals surface area (Å²) in [5.74, 6) is 0.210. The highest BCUT2D eigenvalue weighted by Crippen LogP contribution is 2.15.